The molecule has 0 amide bonds. The van der Waals surface area contributed by atoms with Crippen LogP contribution in [-0.4, -0.2) is 23.6 Å². The molecule has 20 heavy (non-hydrogen) atoms. The van der Waals surface area contributed by atoms with E-state index in [0.29, 0.717) is 16.9 Å². The number of thiazole rings is 1. The molecule has 6 nitrogen and oxygen atoms in total. The molecule has 0 unspecified atom stereocenters. The van der Waals surface area contributed by atoms with Crippen LogP contribution in [0.5, 0.6) is 0 Å². The topological polar surface area (TPSA) is 69.9 Å². The van der Waals surface area contributed by atoms with E-state index in [4.69, 9.17) is 9.05 Å². The molecule has 0 aromatic carbocycles. The maximum atomic E-state index is 12.6. The van der Waals surface area contributed by atoms with Crippen molar-refractivity contribution in [2.24, 2.45) is 0 Å². The lowest BCUT2D eigenvalue weighted by molar-refractivity contribution is 0.286. The number of hydrogen-bond acceptors (Lipinski definition) is 6. The SMILES string of the molecule is CCCc1c(C)nc2scc(P(=O)(OC)OC)n2c1=O. The first-order valence-corrected chi connectivity index (χ1v) is 8.62. The summed E-state index contributed by atoms with van der Waals surface area (Å²) in [6, 6.07) is 0. The molecule has 2 aromatic heterocycles. The van der Waals surface area contributed by atoms with Gasteiger partial charge in [-0.1, -0.05) is 13.3 Å². The van der Waals surface area contributed by atoms with E-state index >= 15 is 0 Å². The van der Waals surface area contributed by atoms with Crippen LogP contribution in [0.4, 0.5) is 0 Å². The number of nitrogens with zero attached hydrogens (tertiary/aromatic N) is 2. The molecule has 0 radical (unpaired) electrons. The highest BCUT2D eigenvalue weighted by molar-refractivity contribution is 7.62. The van der Waals surface area contributed by atoms with Gasteiger partial charge >= 0.3 is 7.60 Å². The summed E-state index contributed by atoms with van der Waals surface area (Å²) in [4.78, 5) is 17.5. The molecule has 0 bridgehead atoms. The predicted molar refractivity (Wildman–Crippen MR) is 79.3 cm³/mol. The van der Waals surface area contributed by atoms with Gasteiger partial charge in [-0.25, -0.2) is 9.38 Å². The molecule has 0 spiro atoms. The summed E-state index contributed by atoms with van der Waals surface area (Å²) >= 11 is 1.25. The van der Waals surface area contributed by atoms with Gasteiger partial charge in [0.1, 0.15) is 0 Å². The Balaban J connectivity index is 2.81. The van der Waals surface area contributed by atoms with Gasteiger partial charge in [0.15, 0.2) is 10.4 Å². The molecule has 2 aromatic rings. The van der Waals surface area contributed by atoms with Crippen LogP contribution in [0.3, 0.4) is 0 Å². The van der Waals surface area contributed by atoms with Crippen molar-refractivity contribution in [2.45, 2.75) is 26.7 Å². The van der Waals surface area contributed by atoms with Gasteiger partial charge < -0.3 is 9.05 Å². The van der Waals surface area contributed by atoms with Gasteiger partial charge in [-0.2, -0.15) is 0 Å². The molecule has 0 fully saturated rings. The number of fused-ring (bicyclic) bond motifs is 1. The van der Waals surface area contributed by atoms with Crippen LogP contribution in [0.1, 0.15) is 24.6 Å². The van der Waals surface area contributed by atoms with Gasteiger partial charge in [0.05, 0.1) is 0 Å². The lowest BCUT2D eigenvalue weighted by atomic mass is 10.1. The molecule has 0 N–H and O–H groups in total. The normalized spacial score (nSPS) is 12.2. The van der Waals surface area contributed by atoms with Gasteiger partial charge in [-0.3, -0.25) is 9.36 Å². The van der Waals surface area contributed by atoms with E-state index < -0.39 is 7.60 Å². The fraction of sp³-hybridized carbons (Fsp3) is 0.500. The van der Waals surface area contributed by atoms with Gasteiger partial charge in [-0.15, -0.1) is 11.3 Å². The molecule has 0 aliphatic heterocycles. The second kappa shape index (κ2) is 5.77. The van der Waals surface area contributed by atoms with Crippen molar-refractivity contribution in [1.29, 1.82) is 0 Å². The molecule has 0 aliphatic rings. The molecule has 110 valence electrons. The number of rotatable bonds is 5. The zero-order valence-corrected chi connectivity index (χ0v) is 13.6. The van der Waals surface area contributed by atoms with Crippen molar-refractivity contribution < 1.29 is 13.6 Å². The molecular weight excluding hydrogens is 299 g/mol. The first kappa shape index (κ1) is 15.4. The van der Waals surface area contributed by atoms with Crippen molar-refractivity contribution in [3.8, 4) is 0 Å². The molecule has 0 aliphatic carbocycles. The zero-order chi connectivity index (χ0) is 14.9. The minimum absolute atomic E-state index is 0.195. The standard InChI is InChI=1S/C12H17N2O4PS/c1-5-6-9-8(2)13-12-14(11(9)15)10(7-20-12)19(16,17-3)18-4/h7H,5-6H2,1-4H3. The van der Waals surface area contributed by atoms with E-state index in [1.165, 1.54) is 30.0 Å². The van der Waals surface area contributed by atoms with Crippen LogP contribution < -0.4 is 11.0 Å². The predicted octanol–water partition coefficient (Wildman–Crippen LogP) is 2.13. The Morgan fingerprint density at radius 2 is 2.05 bits per heavy atom. The Morgan fingerprint density at radius 3 is 2.60 bits per heavy atom. The quantitative estimate of drug-likeness (QED) is 0.790. The third kappa shape index (κ3) is 2.35. The maximum absolute atomic E-state index is 12.6. The minimum atomic E-state index is -3.48. The molecule has 2 heterocycles. The van der Waals surface area contributed by atoms with Gasteiger partial charge in [0, 0.05) is 30.9 Å². The van der Waals surface area contributed by atoms with Crippen LogP contribution in [0.25, 0.3) is 4.96 Å². The van der Waals surface area contributed by atoms with Crippen molar-refractivity contribution in [2.75, 3.05) is 14.2 Å². The van der Waals surface area contributed by atoms with Crippen LogP contribution >= 0.6 is 18.9 Å². The van der Waals surface area contributed by atoms with E-state index in [2.05, 4.69) is 4.98 Å². The molecule has 0 saturated heterocycles. The molecule has 0 saturated carbocycles. The highest BCUT2D eigenvalue weighted by atomic mass is 32.1. The summed E-state index contributed by atoms with van der Waals surface area (Å²) in [5.74, 6) is 0. The second-order valence-electron chi connectivity index (χ2n) is 4.31. The van der Waals surface area contributed by atoms with E-state index in [-0.39, 0.29) is 11.0 Å². The molecular formula is C12H17N2O4PS. The Kier molecular flexibility index (Phi) is 4.44. The maximum Gasteiger partial charge on any atom is 0.378 e. The van der Waals surface area contributed by atoms with Crippen LogP contribution in [0.2, 0.25) is 0 Å². The summed E-state index contributed by atoms with van der Waals surface area (Å²) in [5.41, 5.74) is 1.40. The highest BCUT2D eigenvalue weighted by Crippen LogP contribution is 2.45. The summed E-state index contributed by atoms with van der Waals surface area (Å²) in [5, 5.41) is 1.60. The third-order valence-electron chi connectivity index (χ3n) is 3.11. The Hall–Kier alpha value is -1.01. The molecule has 0 atom stereocenters. The fourth-order valence-electron chi connectivity index (χ4n) is 2.06. The summed E-state index contributed by atoms with van der Waals surface area (Å²) in [6.45, 7) is 3.81. The average molecular weight is 316 g/mol. The molecule has 8 heteroatoms. The van der Waals surface area contributed by atoms with E-state index in [0.717, 1.165) is 12.1 Å². The van der Waals surface area contributed by atoms with Crippen molar-refractivity contribution in [3.63, 3.8) is 0 Å². The van der Waals surface area contributed by atoms with E-state index in [1.807, 2.05) is 13.8 Å². The average Bonchev–Trinajstić information content (AvgIpc) is 2.87. The number of hydrogen-bond donors (Lipinski definition) is 0. The van der Waals surface area contributed by atoms with E-state index in [9.17, 15) is 9.36 Å². The lowest BCUT2D eigenvalue weighted by Gasteiger charge is -2.13. The first-order chi connectivity index (χ1) is 9.48. The number of aryl methyl sites for hydroxylation is 1. The van der Waals surface area contributed by atoms with Crippen molar-refractivity contribution in [3.05, 3.63) is 27.0 Å². The highest BCUT2D eigenvalue weighted by Gasteiger charge is 2.30. The Labute approximate surface area is 120 Å². The number of aromatic nitrogens is 2. The Morgan fingerprint density at radius 1 is 1.40 bits per heavy atom. The molecule has 2 rings (SSSR count). The fourth-order valence-corrected chi connectivity index (χ4v) is 4.55. The lowest BCUT2D eigenvalue weighted by Crippen LogP contribution is -2.28. The monoisotopic (exact) mass is 316 g/mol. The largest absolute Gasteiger partial charge is 0.378 e. The van der Waals surface area contributed by atoms with Crippen molar-refractivity contribution >= 4 is 29.3 Å². The summed E-state index contributed by atoms with van der Waals surface area (Å²) in [6.07, 6.45) is 1.48. The van der Waals surface area contributed by atoms with Crippen LogP contribution in [-0.2, 0) is 20.0 Å². The van der Waals surface area contributed by atoms with Crippen molar-refractivity contribution in [1.82, 2.24) is 9.38 Å². The summed E-state index contributed by atoms with van der Waals surface area (Å²) in [7, 11) is -0.881. The minimum Gasteiger partial charge on any atom is -0.308 e. The van der Waals surface area contributed by atoms with Gasteiger partial charge in [0.25, 0.3) is 5.56 Å². The Bertz CT molecular complexity index is 729. The summed E-state index contributed by atoms with van der Waals surface area (Å²) < 4.78 is 23.8. The van der Waals surface area contributed by atoms with Crippen LogP contribution in [0, 0.1) is 6.92 Å². The first-order valence-electron chi connectivity index (χ1n) is 6.20. The van der Waals surface area contributed by atoms with Crippen LogP contribution in [0.15, 0.2) is 10.2 Å². The third-order valence-corrected chi connectivity index (χ3v) is 5.96. The van der Waals surface area contributed by atoms with Gasteiger partial charge in [-0.05, 0) is 13.3 Å². The zero-order valence-electron chi connectivity index (χ0n) is 11.9. The van der Waals surface area contributed by atoms with Gasteiger partial charge in [0.2, 0.25) is 0 Å². The van der Waals surface area contributed by atoms with E-state index in [1.54, 1.807) is 5.38 Å². The smallest absolute Gasteiger partial charge is 0.308 e. The second-order valence-corrected chi connectivity index (χ2v) is 7.33.